The van der Waals surface area contributed by atoms with E-state index in [0.29, 0.717) is 36.8 Å². The second-order valence-electron chi connectivity index (χ2n) is 9.74. The molecule has 1 saturated heterocycles. The number of likely N-dealkylation sites (tertiary alicyclic amines) is 1. The molecule has 1 heterocycles. The molecule has 2 fully saturated rings. The number of sulfonamides is 1. The molecule has 10 nitrogen and oxygen atoms in total. The van der Waals surface area contributed by atoms with Crippen molar-refractivity contribution in [2.45, 2.75) is 56.2 Å². The first-order valence-electron chi connectivity index (χ1n) is 12.3. The summed E-state index contributed by atoms with van der Waals surface area (Å²) in [7, 11) is -3.76. The van der Waals surface area contributed by atoms with Crippen LogP contribution in [-0.4, -0.2) is 60.8 Å². The first-order chi connectivity index (χ1) is 17.6. The zero-order valence-corrected chi connectivity index (χ0v) is 21.3. The van der Waals surface area contributed by atoms with Crippen LogP contribution in [0.4, 0.5) is 0 Å². The minimum Gasteiger partial charge on any atom is -0.393 e. The van der Waals surface area contributed by atoms with Crippen LogP contribution in [-0.2, 0) is 31.9 Å². The van der Waals surface area contributed by atoms with Gasteiger partial charge in [-0.25, -0.2) is 13.1 Å². The van der Waals surface area contributed by atoms with Crippen molar-refractivity contribution in [3.63, 3.8) is 0 Å². The smallest absolute Gasteiger partial charge is 0.243 e. The van der Waals surface area contributed by atoms with Crippen molar-refractivity contribution in [2.75, 3.05) is 6.54 Å². The van der Waals surface area contributed by atoms with Crippen LogP contribution in [0.25, 0.3) is 0 Å². The molecule has 2 amide bonds. The van der Waals surface area contributed by atoms with Crippen molar-refractivity contribution in [1.29, 1.82) is 5.41 Å². The number of nitrogens with one attached hydrogen (secondary N) is 3. The molecular weight excluding hydrogens is 494 g/mol. The molecule has 4 rings (SSSR count). The fraction of sp³-hybridized carbons (Fsp3) is 0.423. The summed E-state index contributed by atoms with van der Waals surface area (Å²) in [5.41, 5.74) is 7.49. The molecule has 0 spiro atoms. The third-order valence-corrected chi connectivity index (χ3v) is 8.41. The summed E-state index contributed by atoms with van der Waals surface area (Å²) < 4.78 is 27.5. The molecule has 37 heavy (non-hydrogen) atoms. The number of amidine groups is 1. The average molecular weight is 528 g/mol. The number of aliphatic hydroxyl groups is 1. The fourth-order valence-corrected chi connectivity index (χ4v) is 6.32. The highest BCUT2D eigenvalue weighted by atomic mass is 32.2. The van der Waals surface area contributed by atoms with E-state index in [4.69, 9.17) is 11.1 Å². The lowest BCUT2D eigenvalue weighted by atomic mass is 9.83. The number of nitrogens with zero attached hydrogens (tertiary/aromatic N) is 1. The predicted octanol–water partition coefficient (Wildman–Crippen LogP) is 0.837. The van der Waals surface area contributed by atoms with E-state index < -0.39 is 34.6 Å². The minimum absolute atomic E-state index is 0.0418. The number of aliphatic hydroxyl groups excluding tert-OH is 1. The molecule has 2 aromatic rings. The van der Waals surface area contributed by atoms with Crippen molar-refractivity contribution in [1.82, 2.24) is 14.9 Å². The zero-order chi connectivity index (χ0) is 26.6. The Morgan fingerprint density at radius 1 is 1.03 bits per heavy atom. The van der Waals surface area contributed by atoms with Crippen LogP contribution < -0.4 is 15.8 Å². The van der Waals surface area contributed by atoms with Gasteiger partial charge in [0, 0.05) is 18.2 Å². The van der Waals surface area contributed by atoms with Gasteiger partial charge < -0.3 is 21.1 Å². The quantitative estimate of drug-likeness (QED) is 0.239. The molecule has 2 aliphatic rings. The monoisotopic (exact) mass is 527 g/mol. The van der Waals surface area contributed by atoms with Gasteiger partial charge >= 0.3 is 0 Å². The Kier molecular flexibility index (Phi) is 8.25. The SMILES string of the molecule is N=C(N)c1ccc(CNC(=O)[C@@H]2C[C@H]3CC[C@@H](O)C[C@H]3N2C(=O)CNS(=O)(=O)Cc2ccccc2)cc1. The van der Waals surface area contributed by atoms with E-state index in [1.807, 2.05) is 0 Å². The van der Waals surface area contributed by atoms with Crippen LogP contribution in [0.15, 0.2) is 54.6 Å². The number of nitrogens with two attached hydrogens (primary N) is 1. The number of rotatable bonds is 9. The van der Waals surface area contributed by atoms with Crippen LogP contribution in [0.2, 0.25) is 0 Å². The molecule has 1 aliphatic heterocycles. The average Bonchev–Trinajstić information content (AvgIpc) is 3.25. The van der Waals surface area contributed by atoms with Gasteiger partial charge in [0.15, 0.2) is 0 Å². The zero-order valence-electron chi connectivity index (χ0n) is 20.5. The highest BCUT2D eigenvalue weighted by molar-refractivity contribution is 7.88. The van der Waals surface area contributed by atoms with Gasteiger partial charge in [0.2, 0.25) is 21.8 Å². The summed E-state index contributed by atoms with van der Waals surface area (Å²) in [4.78, 5) is 28.0. The van der Waals surface area contributed by atoms with Crippen molar-refractivity contribution in [3.05, 3.63) is 71.3 Å². The molecule has 0 radical (unpaired) electrons. The summed E-state index contributed by atoms with van der Waals surface area (Å²) in [6.45, 7) is -0.220. The van der Waals surface area contributed by atoms with Gasteiger partial charge in [-0.2, -0.15) is 0 Å². The second kappa shape index (κ2) is 11.4. The van der Waals surface area contributed by atoms with Crippen molar-refractivity contribution >= 4 is 27.7 Å². The molecule has 0 unspecified atom stereocenters. The molecule has 0 bridgehead atoms. The number of fused-ring (bicyclic) bond motifs is 1. The van der Waals surface area contributed by atoms with Crippen molar-refractivity contribution < 1.29 is 23.1 Å². The predicted molar refractivity (Wildman–Crippen MR) is 139 cm³/mol. The van der Waals surface area contributed by atoms with Gasteiger partial charge in [0.1, 0.15) is 11.9 Å². The standard InChI is InChI=1S/C26H33N5O5S/c27-25(28)19-8-6-17(7-9-19)14-29-26(34)23-12-20-10-11-21(32)13-22(20)31(23)24(33)15-30-37(35,36)16-18-4-2-1-3-5-18/h1-9,20-23,30,32H,10-16H2,(H3,27,28)(H,29,34)/t20-,21-,22-,23+/m1/s1. The summed E-state index contributed by atoms with van der Waals surface area (Å²) in [5.74, 6) is -1.03. The molecule has 198 valence electrons. The van der Waals surface area contributed by atoms with E-state index >= 15 is 0 Å². The molecule has 1 saturated carbocycles. The Hall–Kier alpha value is -3.28. The minimum atomic E-state index is -3.76. The number of carbonyl (C=O) groups excluding carboxylic acids is 2. The Morgan fingerprint density at radius 2 is 1.73 bits per heavy atom. The van der Waals surface area contributed by atoms with Crippen LogP contribution >= 0.6 is 0 Å². The third-order valence-electron chi connectivity index (χ3n) is 7.11. The maximum Gasteiger partial charge on any atom is 0.243 e. The fourth-order valence-electron chi connectivity index (χ4n) is 5.24. The normalized spacial score (nSPS) is 23.3. The van der Waals surface area contributed by atoms with E-state index in [0.717, 1.165) is 5.56 Å². The molecule has 6 N–H and O–H groups in total. The molecule has 11 heteroatoms. The largest absolute Gasteiger partial charge is 0.393 e. The maximum atomic E-state index is 13.3. The van der Waals surface area contributed by atoms with Gasteiger partial charge in [-0.15, -0.1) is 0 Å². The van der Waals surface area contributed by atoms with E-state index in [2.05, 4.69) is 10.0 Å². The lowest BCUT2D eigenvalue weighted by Gasteiger charge is -2.35. The van der Waals surface area contributed by atoms with Crippen LogP contribution in [0.3, 0.4) is 0 Å². The molecular formula is C26H33N5O5S. The molecule has 2 aromatic carbocycles. The highest BCUT2D eigenvalue weighted by Crippen LogP contribution is 2.40. The topological polar surface area (TPSA) is 166 Å². The number of hydrogen-bond acceptors (Lipinski definition) is 6. The number of benzene rings is 2. The lowest BCUT2D eigenvalue weighted by Crippen LogP contribution is -2.53. The lowest BCUT2D eigenvalue weighted by molar-refractivity contribution is -0.140. The number of carbonyl (C=O) groups is 2. The number of hydrogen-bond donors (Lipinski definition) is 5. The first-order valence-corrected chi connectivity index (χ1v) is 14.0. The summed E-state index contributed by atoms with van der Waals surface area (Å²) in [6.07, 6.45) is 1.58. The Bertz CT molecular complexity index is 1240. The second-order valence-corrected chi connectivity index (χ2v) is 11.5. The van der Waals surface area contributed by atoms with Gasteiger partial charge in [-0.1, -0.05) is 54.6 Å². The van der Waals surface area contributed by atoms with E-state index in [-0.39, 0.29) is 36.0 Å². The van der Waals surface area contributed by atoms with Crippen molar-refractivity contribution in [3.8, 4) is 0 Å². The van der Waals surface area contributed by atoms with Gasteiger partial charge in [-0.05, 0) is 42.7 Å². The number of amides is 2. The maximum absolute atomic E-state index is 13.3. The van der Waals surface area contributed by atoms with Gasteiger partial charge in [0.05, 0.1) is 18.4 Å². The van der Waals surface area contributed by atoms with Crippen molar-refractivity contribution in [2.24, 2.45) is 11.7 Å². The Labute approximate surface area is 216 Å². The summed E-state index contributed by atoms with van der Waals surface area (Å²) in [5, 5.41) is 20.6. The van der Waals surface area contributed by atoms with E-state index in [1.165, 1.54) is 4.90 Å². The summed E-state index contributed by atoms with van der Waals surface area (Å²) >= 11 is 0. The van der Waals surface area contributed by atoms with Crippen LogP contribution in [0.5, 0.6) is 0 Å². The third kappa shape index (κ3) is 6.73. The van der Waals surface area contributed by atoms with E-state index in [9.17, 15) is 23.1 Å². The van der Waals surface area contributed by atoms with Gasteiger partial charge in [0.25, 0.3) is 0 Å². The number of nitrogen functional groups attached to an aromatic ring is 1. The van der Waals surface area contributed by atoms with Gasteiger partial charge in [-0.3, -0.25) is 15.0 Å². The molecule has 4 atom stereocenters. The van der Waals surface area contributed by atoms with E-state index in [1.54, 1.807) is 54.6 Å². The Morgan fingerprint density at radius 3 is 2.41 bits per heavy atom. The molecule has 1 aliphatic carbocycles. The first kappa shape index (κ1) is 26.8. The highest BCUT2D eigenvalue weighted by Gasteiger charge is 2.48. The summed E-state index contributed by atoms with van der Waals surface area (Å²) in [6, 6.07) is 14.6. The van der Waals surface area contributed by atoms with Crippen LogP contribution in [0.1, 0.15) is 42.4 Å². The Balaban J connectivity index is 1.43. The van der Waals surface area contributed by atoms with Crippen LogP contribution in [0, 0.1) is 11.3 Å². The molecule has 0 aromatic heterocycles.